The van der Waals surface area contributed by atoms with E-state index in [9.17, 15) is 4.79 Å². The highest BCUT2D eigenvalue weighted by Crippen LogP contribution is 2.28. The molecule has 1 aromatic heterocycles. The van der Waals surface area contributed by atoms with Crippen LogP contribution in [-0.4, -0.2) is 10.9 Å². The van der Waals surface area contributed by atoms with Crippen molar-refractivity contribution < 1.29 is 9.21 Å². The quantitative estimate of drug-likeness (QED) is 0.482. The molecule has 1 N–H and O–H groups in total. The minimum absolute atomic E-state index is 0.125. The SMILES string of the molecule is Cc1cc(C)cc(C(=O)Nc2cc(-c3nc4ccc(C)cc4o3)ccc2C)c1. The molecule has 0 saturated carbocycles. The van der Waals surface area contributed by atoms with Gasteiger partial charge in [0.25, 0.3) is 5.91 Å². The first kappa shape index (κ1) is 18.0. The first-order valence-electron chi connectivity index (χ1n) is 9.27. The summed E-state index contributed by atoms with van der Waals surface area (Å²) in [6.07, 6.45) is 0. The van der Waals surface area contributed by atoms with Crippen LogP contribution in [0.15, 0.2) is 59.0 Å². The Kier molecular flexibility index (Phi) is 4.47. The van der Waals surface area contributed by atoms with Crippen LogP contribution >= 0.6 is 0 Å². The number of amides is 1. The number of carbonyl (C=O) groups excluding carboxylic acids is 1. The molecule has 1 heterocycles. The molecular weight excluding hydrogens is 348 g/mol. The maximum Gasteiger partial charge on any atom is 0.255 e. The molecule has 4 rings (SSSR count). The number of rotatable bonds is 3. The van der Waals surface area contributed by atoms with E-state index < -0.39 is 0 Å². The maximum absolute atomic E-state index is 12.7. The monoisotopic (exact) mass is 370 g/mol. The molecule has 3 aromatic carbocycles. The van der Waals surface area contributed by atoms with E-state index in [4.69, 9.17) is 4.42 Å². The van der Waals surface area contributed by atoms with E-state index in [0.29, 0.717) is 11.5 Å². The van der Waals surface area contributed by atoms with Gasteiger partial charge in [-0.05, 0) is 75.2 Å². The molecule has 0 aliphatic rings. The van der Waals surface area contributed by atoms with Crippen LogP contribution in [-0.2, 0) is 0 Å². The van der Waals surface area contributed by atoms with Gasteiger partial charge in [-0.2, -0.15) is 0 Å². The number of nitrogens with zero attached hydrogens (tertiary/aromatic N) is 1. The van der Waals surface area contributed by atoms with Gasteiger partial charge in [-0.25, -0.2) is 4.98 Å². The summed E-state index contributed by atoms with van der Waals surface area (Å²) in [5.74, 6) is 0.419. The summed E-state index contributed by atoms with van der Waals surface area (Å²) in [6.45, 7) is 7.97. The van der Waals surface area contributed by atoms with Gasteiger partial charge in [-0.15, -0.1) is 0 Å². The molecule has 28 heavy (non-hydrogen) atoms. The van der Waals surface area contributed by atoms with Gasteiger partial charge < -0.3 is 9.73 Å². The fraction of sp³-hybridized carbons (Fsp3) is 0.167. The summed E-state index contributed by atoms with van der Waals surface area (Å²) >= 11 is 0. The Morgan fingerprint density at radius 1 is 0.857 bits per heavy atom. The first-order valence-corrected chi connectivity index (χ1v) is 9.27. The van der Waals surface area contributed by atoms with E-state index in [1.807, 2.05) is 76.2 Å². The fourth-order valence-electron chi connectivity index (χ4n) is 3.35. The van der Waals surface area contributed by atoms with E-state index in [1.54, 1.807) is 0 Å². The molecule has 0 saturated heterocycles. The molecule has 0 radical (unpaired) electrons. The molecule has 1 amide bonds. The van der Waals surface area contributed by atoms with Crippen LogP contribution in [0.5, 0.6) is 0 Å². The summed E-state index contributed by atoms with van der Waals surface area (Å²) in [5.41, 5.74) is 8.05. The van der Waals surface area contributed by atoms with Gasteiger partial charge in [0, 0.05) is 16.8 Å². The Morgan fingerprint density at radius 2 is 1.61 bits per heavy atom. The number of oxazole rings is 1. The highest BCUT2D eigenvalue weighted by Gasteiger charge is 2.13. The molecule has 0 aliphatic carbocycles. The van der Waals surface area contributed by atoms with Gasteiger partial charge in [0.15, 0.2) is 5.58 Å². The largest absolute Gasteiger partial charge is 0.436 e. The van der Waals surface area contributed by atoms with Gasteiger partial charge in [0.1, 0.15) is 5.52 Å². The number of carbonyl (C=O) groups is 1. The molecule has 0 unspecified atom stereocenters. The van der Waals surface area contributed by atoms with Crippen LogP contribution in [0.4, 0.5) is 5.69 Å². The van der Waals surface area contributed by atoms with E-state index >= 15 is 0 Å². The van der Waals surface area contributed by atoms with Crippen molar-refractivity contribution in [2.75, 3.05) is 5.32 Å². The summed E-state index contributed by atoms with van der Waals surface area (Å²) in [4.78, 5) is 17.3. The predicted molar refractivity (Wildman–Crippen MR) is 113 cm³/mol. The van der Waals surface area contributed by atoms with E-state index in [-0.39, 0.29) is 5.91 Å². The van der Waals surface area contributed by atoms with Crippen LogP contribution in [0, 0.1) is 27.7 Å². The molecule has 4 aromatic rings. The van der Waals surface area contributed by atoms with Crippen molar-refractivity contribution in [2.45, 2.75) is 27.7 Å². The van der Waals surface area contributed by atoms with Crippen LogP contribution < -0.4 is 5.32 Å². The number of benzene rings is 3. The third-order valence-corrected chi connectivity index (χ3v) is 4.76. The summed E-state index contributed by atoms with van der Waals surface area (Å²) in [6, 6.07) is 17.6. The highest BCUT2D eigenvalue weighted by molar-refractivity contribution is 6.05. The zero-order valence-electron chi connectivity index (χ0n) is 16.5. The average Bonchev–Trinajstić information content (AvgIpc) is 3.05. The van der Waals surface area contributed by atoms with E-state index in [1.165, 1.54) is 0 Å². The number of hydrogen-bond donors (Lipinski definition) is 1. The first-order chi connectivity index (χ1) is 13.4. The van der Waals surface area contributed by atoms with E-state index in [2.05, 4.69) is 16.4 Å². The van der Waals surface area contributed by atoms with Crippen molar-refractivity contribution >= 4 is 22.7 Å². The number of fused-ring (bicyclic) bond motifs is 1. The Labute approximate surface area is 164 Å². The Balaban J connectivity index is 1.67. The molecule has 0 bridgehead atoms. The number of hydrogen-bond acceptors (Lipinski definition) is 3. The highest BCUT2D eigenvalue weighted by atomic mass is 16.3. The Morgan fingerprint density at radius 3 is 2.36 bits per heavy atom. The zero-order valence-corrected chi connectivity index (χ0v) is 16.5. The second-order valence-corrected chi connectivity index (χ2v) is 7.35. The molecule has 4 heteroatoms. The topological polar surface area (TPSA) is 55.1 Å². The summed E-state index contributed by atoms with van der Waals surface area (Å²) < 4.78 is 5.93. The Hall–Kier alpha value is -3.40. The molecule has 0 fully saturated rings. The number of aromatic nitrogens is 1. The van der Waals surface area contributed by atoms with Gasteiger partial charge in [0.05, 0.1) is 0 Å². The van der Waals surface area contributed by atoms with Crippen molar-refractivity contribution in [2.24, 2.45) is 0 Å². The van der Waals surface area contributed by atoms with Crippen molar-refractivity contribution in [1.29, 1.82) is 0 Å². The summed E-state index contributed by atoms with van der Waals surface area (Å²) in [7, 11) is 0. The molecule has 4 nitrogen and oxygen atoms in total. The fourth-order valence-corrected chi connectivity index (χ4v) is 3.35. The minimum atomic E-state index is -0.125. The van der Waals surface area contributed by atoms with Gasteiger partial charge in [-0.3, -0.25) is 4.79 Å². The zero-order chi connectivity index (χ0) is 19.8. The number of aryl methyl sites for hydroxylation is 4. The third-order valence-electron chi connectivity index (χ3n) is 4.76. The van der Waals surface area contributed by atoms with Crippen molar-refractivity contribution in [3.05, 3.63) is 82.4 Å². The van der Waals surface area contributed by atoms with Crippen molar-refractivity contribution in [3.8, 4) is 11.5 Å². The van der Waals surface area contributed by atoms with Gasteiger partial charge in [0.2, 0.25) is 5.89 Å². The molecule has 0 atom stereocenters. The van der Waals surface area contributed by atoms with Crippen molar-refractivity contribution in [3.63, 3.8) is 0 Å². The molecule has 140 valence electrons. The number of anilines is 1. The third kappa shape index (κ3) is 3.54. The smallest absolute Gasteiger partial charge is 0.255 e. The van der Waals surface area contributed by atoms with Gasteiger partial charge in [-0.1, -0.05) is 29.3 Å². The standard InChI is InChI=1S/C24H22N2O2/c1-14-5-8-20-22(12-14)28-24(26-20)18-7-6-17(4)21(13-18)25-23(27)19-10-15(2)9-16(3)11-19/h5-13H,1-4H3,(H,25,27). The van der Waals surface area contributed by atoms with Crippen LogP contribution in [0.25, 0.3) is 22.6 Å². The predicted octanol–water partition coefficient (Wildman–Crippen LogP) is 5.98. The summed E-state index contributed by atoms with van der Waals surface area (Å²) in [5, 5.41) is 3.03. The van der Waals surface area contributed by atoms with Crippen LogP contribution in [0.3, 0.4) is 0 Å². The average molecular weight is 370 g/mol. The lowest BCUT2D eigenvalue weighted by molar-refractivity contribution is 0.102. The van der Waals surface area contributed by atoms with Crippen LogP contribution in [0.1, 0.15) is 32.6 Å². The molecule has 0 spiro atoms. The van der Waals surface area contributed by atoms with Gasteiger partial charge >= 0.3 is 0 Å². The second kappa shape index (κ2) is 6.97. The lowest BCUT2D eigenvalue weighted by Crippen LogP contribution is -2.13. The van der Waals surface area contributed by atoms with Crippen molar-refractivity contribution in [1.82, 2.24) is 4.98 Å². The lowest BCUT2D eigenvalue weighted by Gasteiger charge is -2.11. The molecule has 0 aliphatic heterocycles. The Bertz CT molecular complexity index is 1180. The van der Waals surface area contributed by atoms with E-state index in [0.717, 1.165) is 44.6 Å². The minimum Gasteiger partial charge on any atom is -0.436 e. The maximum atomic E-state index is 12.7. The second-order valence-electron chi connectivity index (χ2n) is 7.35. The lowest BCUT2D eigenvalue weighted by atomic mass is 10.1. The number of nitrogens with one attached hydrogen (secondary N) is 1. The molecular formula is C24H22N2O2. The normalized spacial score (nSPS) is 11.0. The van der Waals surface area contributed by atoms with Crippen LogP contribution in [0.2, 0.25) is 0 Å².